The van der Waals surface area contributed by atoms with Crippen LogP contribution in [0.4, 0.5) is 5.69 Å². The molecule has 8 nitrogen and oxygen atoms in total. The molecule has 34 heavy (non-hydrogen) atoms. The Morgan fingerprint density at radius 2 is 1.82 bits per heavy atom. The van der Waals surface area contributed by atoms with Crippen LogP contribution in [0.2, 0.25) is 0 Å². The third-order valence-electron chi connectivity index (χ3n) is 6.52. The number of ether oxygens (including phenoxy) is 2. The first kappa shape index (κ1) is 24.5. The summed E-state index contributed by atoms with van der Waals surface area (Å²) in [4.78, 5) is 14.9. The summed E-state index contributed by atoms with van der Waals surface area (Å²) >= 11 is 0. The van der Waals surface area contributed by atoms with Gasteiger partial charge in [-0.05, 0) is 49.9 Å². The van der Waals surface area contributed by atoms with E-state index in [4.69, 9.17) is 9.47 Å². The molecule has 2 fully saturated rings. The van der Waals surface area contributed by atoms with Crippen molar-refractivity contribution in [1.82, 2.24) is 9.21 Å². The van der Waals surface area contributed by atoms with Crippen LogP contribution in [0.5, 0.6) is 5.75 Å². The van der Waals surface area contributed by atoms with Crippen LogP contribution in [0.25, 0.3) is 0 Å². The topological polar surface area (TPSA) is 88.2 Å². The summed E-state index contributed by atoms with van der Waals surface area (Å²) in [6.45, 7) is 7.79. The van der Waals surface area contributed by atoms with Crippen molar-refractivity contribution in [2.45, 2.75) is 39.4 Å². The maximum absolute atomic E-state index is 13.2. The molecule has 1 amide bonds. The van der Waals surface area contributed by atoms with Crippen molar-refractivity contribution in [3.8, 4) is 5.75 Å². The van der Waals surface area contributed by atoms with Crippen molar-refractivity contribution < 1.29 is 22.7 Å². The van der Waals surface area contributed by atoms with E-state index < -0.39 is 10.2 Å². The van der Waals surface area contributed by atoms with Crippen molar-refractivity contribution in [3.63, 3.8) is 0 Å². The van der Waals surface area contributed by atoms with E-state index in [0.29, 0.717) is 49.1 Å². The molecule has 2 aromatic carbocycles. The minimum Gasteiger partial charge on any atom is -0.486 e. The second-order valence-corrected chi connectivity index (χ2v) is 11.0. The van der Waals surface area contributed by atoms with Gasteiger partial charge in [-0.15, -0.1) is 0 Å². The number of benzene rings is 2. The number of anilines is 1. The highest BCUT2D eigenvalue weighted by molar-refractivity contribution is 7.90. The molecule has 2 aromatic rings. The summed E-state index contributed by atoms with van der Waals surface area (Å²) in [6, 6.07) is 12.7. The fourth-order valence-electron chi connectivity index (χ4n) is 4.52. The quantitative estimate of drug-likeness (QED) is 0.648. The molecule has 0 bridgehead atoms. The molecule has 0 radical (unpaired) electrons. The fraction of sp³-hybridized carbons (Fsp3) is 0.480. The third-order valence-corrected chi connectivity index (χ3v) is 8.03. The predicted molar refractivity (Wildman–Crippen MR) is 131 cm³/mol. The number of rotatable bonds is 7. The Labute approximate surface area is 202 Å². The maximum atomic E-state index is 13.2. The van der Waals surface area contributed by atoms with E-state index in [-0.39, 0.29) is 18.1 Å². The van der Waals surface area contributed by atoms with Gasteiger partial charge in [0.2, 0.25) is 0 Å². The average Bonchev–Trinajstić information content (AvgIpc) is 3.41. The van der Waals surface area contributed by atoms with E-state index >= 15 is 0 Å². The third kappa shape index (κ3) is 5.37. The monoisotopic (exact) mass is 487 g/mol. The van der Waals surface area contributed by atoms with Crippen LogP contribution in [0.3, 0.4) is 0 Å². The van der Waals surface area contributed by atoms with Gasteiger partial charge in [0.05, 0.1) is 18.8 Å². The van der Waals surface area contributed by atoms with Gasteiger partial charge >= 0.3 is 10.2 Å². The summed E-state index contributed by atoms with van der Waals surface area (Å²) in [7, 11) is -2.01. The van der Waals surface area contributed by atoms with E-state index in [9.17, 15) is 13.2 Å². The van der Waals surface area contributed by atoms with E-state index in [1.54, 1.807) is 36.3 Å². The zero-order valence-electron chi connectivity index (χ0n) is 20.2. The standard InChI is InChI=1S/C25H33N3O5S/c1-17-8-9-19(3)22(12-17)25(29)27-15-23(32-4)24(16-27)33-21-7-5-6-20(13-21)26-34(30,31)28-11-10-18(2)14-28/h5-9,12-13,18,23-24,26H,10-11,14-16H2,1-4H3/t18?,23-,24-/m1/s1. The number of hydrogen-bond acceptors (Lipinski definition) is 5. The number of methoxy groups -OCH3 is 1. The first-order valence-electron chi connectivity index (χ1n) is 11.6. The molecule has 2 aliphatic heterocycles. The summed E-state index contributed by atoms with van der Waals surface area (Å²) in [6.07, 6.45) is 0.201. The first-order valence-corrected chi connectivity index (χ1v) is 13.0. The number of carbonyl (C=O) groups excluding carboxylic acids is 1. The molecule has 3 atom stereocenters. The molecule has 184 valence electrons. The number of amides is 1. The van der Waals surface area contributed by atoms with Gasteiger partial charge < -0.3 is 14.4 Å². The summed E-state index contributed by atoms with van der Waals surface area (Å²) < 4.78 is 41.4. The Morgan fingerprint density at radius 1 is 1.06 bits per heavy atom. The largest absolute Gasteiger partial charge is 0.486 e. The number of nitrogens with zero attached hydrogens (tertiary/aromatic N) is 2. The molecule has 0 spiro atoms. The zero-order chi connectivity index (χ0) is 24.5. The molecule has 2 aliphatic rings. The zero-order valence-corrected chi connectivity index (χ0v) is 21.0. The molecule has 1 unspecified atom stereocenters. The minimum absolute atomic E-state index is 0.0456. The van der Waals surface area contributed by atoms with Crippen LogP contribution in [-0.4, -0.2) is 69.0 Å². The number of nitrogens with one attached hydrogen (secondary N) is 1. The highest BCUT2D eigenvalue weighted by Gasteiger charge is 2.38. The van der Waals surface area contributed by atoms with Gasteiger partial charge in [-0.3, -0.25) is 9.52 Å². The summed E-state index contributed by atoms with van der Waals surface area (Å²) in [5.74, 6) is 0.826. The Kier molecular flexibility index (Phi) is 7.16. The fourth-order valence-corrected chi connectivity index (χ4v) is 5.87. The molecule has 0 saturated carbocycles. The van der Waals surface area contributed by atoms with Crippen molar-refractivity contribution in [3.05, 3.63) is 59.2 Å². The van der Waals surface area contributed by atoms with Gasteiger partial charge in [0, 0.05) is 31.8 Å². The molecule has 9 heteroatoms. The Morgan fingerprint density at radius 3 is 2.53 bits per heavy atom. The van der Waals surface area contributed by atoms with Crippen molar-refractivity contribution in [2.75, 3.05) is 38.0 Å². The summed E-state index contributed by atoms with van der Waals surface area (Å²) in [5, 5.41) is 0. The smallest absolute Gasteiger partial charge is 0.301 e. The van der Waals surface area contributed by atoms with Gasteiger partial charge in [0.15, 0.2) is 0 Å². The van der Waals surface area contributed by atoms with Crippen LogP contribution in [0.15, 0.2) is 42.5 Å². The van der Waals surface area contributed by atoms with Crippen molar-refractivity contribution >= 4 is 21.8 Å². The van der Waals surface area contributed by atoms with E-state index in [0.717, 1.165) is 17.5 Å². The Hall–Kier alpha value is -2.62. The van der Waals surface area contributed by atoms with Gasteiger partial charge in [0.1, 0.15) is 18.0 Å². The Balaban J connectivity index is 1.45. The lowest BCUT2D eigenvalue weighted by Gasteiger charge is -2.20. The second kappa shape index (κ2) is 9.93. The van der Waals surface area contributed by atoms with E-state index in [2.05, 4.69) is 4.72 Å². The predicted octanol–water partition coefficient (Wildman–Crippen LogP) is 3.22. The minimum atomic E-state index is -3.61. The number of hydrogen-bond donors (Lipinski definition) is 1. The van der Waals surface area contributed by atoms with Crippen LogP contribution < -0.4 is 9.46 Å². The highest BCUT2D eigenvalue weighted by Crippen LogP contribution is 2.26. The molecule has 2 saturated heterocycles. The molecular formula is C25H33N3O5S. The highest BCUT2D eigenvalue weighted by atomic mass is 32.2. The second-order valence-electron chi connectivity index (χ2n) is 9.35. The molecular weight excluding hydrogens is 454 g/mol. The molecule has 1 N–H and O–H groups in total. The lowest BCUT2D eigenvalue weighted by atomic mass is 10.0. The lowest BCUT2D eigenvalue weighted by molar-refractivity contribution is 0.0340. The SMILES string of the molecule is CO[C@@H]1CN(C(=O)c2cc(C)ccc2C)C[C@H]1Oc1cccc(NS(=O)(=O)N2CCC(C)C2)c1. The molecule has 2 heterocycles. The van der Waals surface area contributed by atoms with Crippen LogP contribution in [0, 0.1) is 19.8 Å². The van der Waals surface area contributed by atoms with Gasteiger partial charge in [-0.1, -0.05) is 30.7 Å². The number of carbonyl (C=O) groups is 1. The maximum Gasteiger partial charge on any atom is 0.301 e. The molecule has 0 aromatic heterocycles. The molecule has 0 aliphatic carbocycles. The first-order chi connectivity index (χ1) is 16.2. The van der Waals surface area contributed by atoms with Crippen molar-refractivity contribution in [1.29, 1.82) is 0 Å². The van der Waals surface area contributed by atoms with E-state index in [1.165, 1.54) is 4.31 Å². The average molecular weight is 488 g/mol. The van der Waals surface area contributed by atoms with Gasteiger partial charge in [-0.2, -0.15) is 12.7 Å². The van der Waals surface area contributed by atoms with Crippen LogP contribution in [0.1, 0.15) is 34.8 Å². The lowest BCUT2D eigenvalue weighted by Crippen LogP contribution is -2.34. The normalized spacial score (nSPS) is 23.3. The van der Waals surface area contributed by atoms with Gasteiger partial charge in [0.25, 0.3) is 5.91 Å². The van der Waals surface area contributed by atoms with E-state index in [1.807, 2.05) is 39.0 Å². The van der Waals surface area contributed by atoms with Crippen molar-refractivity contribution in [2.24, 2.45) is 5.92 Å². The Bertz CT molecular complexity index is 1150. The number of likely N-dealkylation sites (tertiary alicyclic amines) is 1. The number of aryl methyl sites for hydroxylation is 2. The molecule has 4 rings (SSSR count). The van der Waals surface area contributed by atoms with Crippen LogP contribution in [-0.2, 0) is 14.9 Å². The van der Waals surface area contributed by atoms with Gasteiger partial charge in [-0.25, -0.2) is 0 Å². The van der Waals surface area contributed by atoms with Crippen LogP contribution >= 0.6 is 0 Å². The summed E-state index contributed by atoms with van der Waals surface area (Å²) in [5.41, 5.74) is 3.09.